The molecule has 0 saturated heterocycles. The van der Waals surface area contributed by atoms with Crippen LogP contribution in [-0.4, -0.2) is 18.0 Å². The summed E-state index contributed by atoms with van der Waals surface area (Å²) in [7, 11) is 1.54. The molecule has 6 nitrogen and oxygen atoms in total. The van der Waals surface area contributed by atoms with Crippen molar-refractivity contribution >= 4 is 17.2 Å². The van der Waals surface area contributed by atoms with E-state index < -0.39 is 0 Å². The van der Waals surface area contributed by atoms with Crippen LogP contribution in [0.25, 0.3) is 10.6 Å². The standard InChI is InChI=1S/C31H25FN2O4S/c1-36-29-17-22(14-15-28(29)37-19-23-9-5-6-13-26(23)32)31-34-27(20-39-31)30(35)33-18-21-8-7-12-25(16-21)38-24-10-3-2-4-11-24/h2-17,20H,18-19H2,1H3,(H,33,35). The molecule has 8 heteroatoms. The molecule has 0 atom stereocenters. The maximum atomic E-state index is 13.9. The van der Waals surface area contributed by atoms with Gasteiger partial charge >= 0.3 is 0 Å². The predicted octanol–water partition coefficient (Wildman–Crippen LogP) is 7.26. The van der Waals surface area contributed by atoms with E-state index in [0.29, 0.717) is 40.1 Å². The second-order valence-electron chi connectivity index (χ2n) is 8.53. The molecule has 5 rings (SSSR count). The van der Waals surface area contributed by atoms with E-state index >= 15 is 0 Å². The lowest BCUT2D eigenvalue weighted by atomic mass is 10.2. The minimum atomic E-state index is -0.324. The zero-order chi connectivity index (χ0) is 27.0. The number of carbonyl (C=O) groups excluding carboxylic acids is 1. The number of para-hydroxylation sites is 1. The van der Waals surface area contributed by atoms with Crippen LogP contribution in [0.4, 0.5) is 4.39 Å². The molecule has 0 unspecified atom stereocenters. The van der Waals surface area contributed by atoms with E-state index in [0.717, 1.165) is 16.9 Å². The lowest BCUT2D eigenvalue weighted by molar-refractivity contribution is 0.0946. The first-order valence-electron chi connectivity index (χ1n) is 12.2. The summed E-state index contributed by atoms with van der Waals surface area (Å²) in [5.41, 5.74) is 2.46. The van der Waals surface area contributed by atoms with E-state index in [-0.39, 0.29) is 18.3 Å². The lowest BCUT2D eigenvalue weighted by Crippen LogP contribution is -2.23. The van der Waals surface area contributed by atoms with Crippen LogP contribution in [0.3, 0.4) is 0 Å². The fourth-order valence-corrected chi connectivity index (χ4v) is 4.61. The summed E-state index contributed by atoms with van der Waals surface area (Å²) in [4.78, 5) is 17.3. The highest BCUT2D eigenvalue weighted by Gasteiger charge is 2.15. The molecular weight excluding hydrogens is 515 g/mol. The van der Waals surface area contributed by atoms with Gasteiger partial charge in [-0.1, -0.05) is 48.5 Å². The highest BCUT2D eigenvalue weighted by molar-refractivity contribution is 7.13. The molecule has 4 aromatic carbocycles. The summed E-state index contributed by atoms with van der Waals surface area (Å²) in [5.74, 6) is 1.81. The van der Waals surface area contributed by atoms with Gasteiger partial charge in [-0.3, -0.25) is 4.79 Å². The number of amides is 1. The molecule has 196 valence electrons. The van der Waals surface area contributed by atoms with Crippen LogP contribution in [0.2, 0.25) is 0 Å². The summed E-state index contributed by atoms with van der Waals surface area (Å²) >= 11 is 1.36. The third kappa shape index (κ3) is 6.61. The topological polar surface area (TPSA) is 69.7 Å². The number of hydrogen-bond donors (Lipinski definition) is 1. The van der Waals surface area contributed by atoms with Crippen LogP contribution in [0, 0.1) is 5.82 Å². The van der Waals surface area contributed by atoms with Crippen LogP contribution < -0.4 is 19.5 Å². The van der Waals surface area contributed by atoms with Crippen molar-refractivity contribution in [2.75, 3.05) is 7.11 Å². The highest BCUT2D eigenvalue weighted by Crippen LogP contribution is 2.34. The SMILES string of the molecule is COc1cc(-c2nc(C(=O)NCc3cccc(Oc4ccccc4)c3)cs2)ccc1OCc1ccccc1F. The average molecular weight is 541 g/mol. The zero-order valence-corrected chi connectivity index (χ0v) is 21.9. The third-order valence-corrected chi connectivity index (χ3v) is 6.71. The number of halogens is 1. The first-order chi connectivity index (χ1) is 19.1. The fourth-order valence-electron chi connectivity index (χ4n) is 3.82. The Kier molecular flexibility index (Phi) is 8.14. The number of methoxy groups -OCH3 is 1. The van der Waals surface area contributed by atoms with Crippen molar-refractivity contribution in [3.05, 3.63) is 125 Å². The Labute approximate surface area is 229 Å². The molecule has 0 saturated carbocycles. The maximum Gasteiger partial charge on any atom is 0.271 e. The van der Waals surface area contributed by atoms with Gasteiger partial charge in [-0.2, -0.15) is 0 Å². The van der Waals surface area contributed by atoms with Gasteiger partial charge in [0.2, 0.25) is 0 Å². The number of thiazole rings is 1. The second kappa shape index (κ2) is 12.2. The summed E-state index contributed by atoms with van der Waals surface area (Å²) in [5, 5.41) is 5.30. The molecule has 0 radical (unpaired) electrons. The molecule has 1 N–H and O–H groups in total. The van der Waals surface area contributed by atoms with Gasteiger partial charge in [0.1, 0.15) is 34.6 Å². The summed E-state index contributed by atoms with van der Waals surface area (Å²) in [6.07, 6.45) is 0. The van der Waals surface area contributed by atoms with Crippen LogP contribution in [0.1, 0.15) is 21.6 Å². The molecule has 0 bridgehead atoms. The Hall–Kier alpha value is -4.69. The third-order valence-electron chi connectivity index (χ3n) is 5.82. The van der Waals surface area contributed by atoms with Gasteiger partial charge in [0.05, 0.1) is 7.11 Å². The van der Waals surface area contributed by atoms with Crippen molar-refractivity contribution in [1.29, 1.82) is 0 Å². The Morgan fingerprint density at radius 2 is 1.69 bits per heavy atom. The monoisotopic (exact) mass is 540 g/mol. The number of nitrogens with zero attached hydrogens (tertiary/aromatic N) is 1. The molecule has 5 aromatic rings. The Morgan fingerprint density at radius 3 is 2.51 bits per heavy atom. The van der Waals surface area contributed by atoms with Crippen molar-refractivity contribution in [2.45, 2.75) is 13.2 Å². The van der Waals surface area contributed by atoms with E-state index in [1.807, 2.05) is 60.7 Å². The molecule has 0 fully saturated rings. The molecule has 1 amide bonds. The van der Waals surface area contributed by atoms with Gasteiger partial charge < -0.3 is 19.5 Å². The minimum Gasteiger partial charge on any atom is -0.493 e. The van der Waals surface area contributed by atoms with E-state index in [1.165, 1.54) is 24.5 Å². The number of carbonyl (C=O) groups is 1. The Balaban J connectivity index is 1.21. The van der Waals surface area contributed by atoms with Gasteiger partial charge in [-0.15, -0.1) is 11.3 Å². The quantitative estimate of drug-likeness (QED) is 0.202. The molecule has 1 heterocycles. The molecule has 39 heavy (non-hydrogen) atoms. The smallest absolute Gasteiger partial charge is 0.271 e. The van der Waals surface area contributed by atoms with Gasteiger partial charge in [0.15, 0.2) is 11.5 Å². The zero-order valence-electron chi connectivity index (χ0n) is 21.1. The molecule has 0 aliphatic carbocycles. The van der Waals surface area contributed by atoms with Crippen LogP contribution in [0.15, 0.2) is 102 Å². The Morgan fingerprint density at radius 1 is 0.897 bits per heavy atom. The lowest BCUT2D eigenvalue weighted by Gasteiger charge is -2.12. The van der Waals surface area contributed by atoms with E-state index in [4.69, 9.17) is 14.2 Å². The number of ether oxygens (including phenoxy) is 3. The van der Waals surface area contributed by atoms with Gasteiger partial charge in [-0.25, -0.2) is 9.37 Å². The molecule has 0 spiro atoms. The molecule has 0 aliphatic heterocycles. The van der Waals surface area contributed by atoms with Crippen molar-refractivity contribution in [3.63, 3.8) is 0 Å². The van der Waals surface area contributed by atoms with E-state index in [1.54, 1.807) is 35.7 Å². The normalized spacial score (nSPS) is 10.6. The first-order valence-corrected chi connectivity index (χ1v) is 13.1. The number of benzene rings is 4. The number of nitrogens with one attached hydrogen (secondary N) is 1. The Bertz CT molecular complexity index is 1570. The summed E-state index contributed by atoms with van der Waals surface area (Å²) < 4.78 is 31.1. The molecule has 1 aromatic heterocycles. The maximum absolute atomic E-state index is 13.9. The number of hydrogen-bond acceptors (Lipinski definition) is 6. The van der Waals surface area contributed by atoms with Crippen molar-refractivity contribution in [1.82, 2.24) is 10.3 Å². The van der Waals surface area contributed by atoms with Crippen molar-refractivity contribution in [3.8, 4) is 33.6 Å². The van der Waals surface area contributed by atoms with Gasteiger partial charge in [0, 0.05) is 23.1 Å². The van der Waals surface area contributed by atoms with Crippen LogP contribution >= 0.6 is 11.3 Å². The van der Waals surface area contributed by atoms with E-state index in [2.05, 4.69) is 10.3 Å². The molecule has 0 aliphatic rings. The van der Waals surface area contributed by atoms with Gasteiger partial charge in [0.25, 0.3) is 5.91 Å². The summed E-state index contributed by atoms with van der Waals surface area (Å²) in [6.45, 7) is 0.408. The second-order valence-corrected chi connectivity index (χ2v) is 9.39. The van der Waals surface area contributed by atoms with Crippen molar-refractivity contribution < 1.29 is 23.4 Å². The van der Waals surface area contributed by atoms with Crippen LogP contribution in [0.5, 0.6) is 23.0 Å². The van der Waals surface area contributed by atoms with E-state index in [9.17, 15) is 9.18 Å². The first kappa shape index (κ1) is 25.9. The van der Waals surface area contributed by atoms with Crippen molar-refractivity contribution in [2.24, 2.45) is 0 Å². The fraction of sp³-hybridized carbons (Fsp3) is 0.0968. The molecular formula is C31H25FN2O4S. The van der Waals surface area contributed by atoms with Gasteiger partial charge in [-0.05, 0) is 54.1 Å². The highest BCUT2D eigenvalue weighted by atomic mass is 32.1. The van der Waals surface area contributed by atoms with Crippen LogP contribution in [-0.2, 0) is 13.2 Å². The summed E-state index contributed by atoms with van der Waals surface area (Å²) in [6, 6.07) is 28.9. The minimum absolute atomic E-state index is 0.0746. The predicted molar refractivity (Wildman–Crippen MR) is 149 cm³/mol. The number of aromatic nitrogens is 1. The largest absolute Gasteiger partial charge is 0.493 e. The average Bonchev–Trinajstić information content (AvgIpc) is 3.47. The number of rotatable bonds is 10.